The first-order chi connectivity index (χ1) is 3.84. The van der Waals surface area contributed by atoms with Crippen molar-refractivity contribution in [1.82, 2.24) is 4.37 Å². The molecule has 0 spiro atoms. The van der Waals surface area contributed by atoms with Gasteiger partial charge in [-0.3, -0.25) is 9.17 Å². The molecular formula is C4H4ClNOS. The maximum atomic E-state index is 10.5. The fourth-order valence-corrected chi connectivity index (χ4v) is 1.29. The monoisotopic (exact) mass is 149 g/mol. The van der Waals surface area contributed by atoms with E-state index in [2.05, 4.69) is 4.37 Å². The number of nitrogens with one attached hydrogen (secondary N) is 1. The van der Waals surface area contributed by atoms with Gasteiger partial charge in [0.25, 0.3) is 5.56 Å². The fraction of sp³-hybridized carbons (Fsp3) is 0.250. The topological polar surface area (TPSA) is 32.9 Å². The molecule has 0 amide bonds. The Morgan fingerprint density at radius 2 is 2.62 bits per heavy atom. The van der Waals surface area contributed by atoms with Crippen LogP contribution in [0.25, 0.3) is 0 Å². The molecule has 4 heteroatoms. The molecule has 44 valence electrons. The largest absolute Gasteiger partial charge is 0.277 e. The summed E-state index contributed by atoms with van der Waals surface area (Å²) in [6.07, 6.45) is 0. The normalized spacial score (nSPS) is 9.62. The third kappa shape index (κ3) is 0.928. The molecule has 0 atom stereocenters. The lowest BCUT2D eigenvalue weighted by Gasteiger charge is -1.74. The summed E-state index contributed by atoms with van der Waals surface area (Å²) in [6, 6.07) is 0. The Morgan fingerprint density at radius 3 is 2.88 bits per heavy atom. The van der Waals surface area contributed by atoms with Crippen molar-refractivity contribution in [2.24, 2.45) is 0 Å². The molecule has 0 bridgehead atoms. The number of H-pyrrole nitrogens is 1. The Bertz CT molecular complexity index is 216. The number of aromatic nitrogens is 1. The lowest BCUT2D eigenvalue weighted by atomic mass is 10.4. The van der Waals surface area contributed by atoms with E-state index in [4.69, 9.17) is 11.6 Å². The van der Waals surface area contributed by atoms with Gasteiger partial charge in [-0.25, -0.2) is 0 Å². The SMILES string of the molecule is O=c1[nH]scc1CCl. The van der Waals surface area contributed by atoms with Crippen LogP contribution in [0.5, 0.6) is 0 Å². The highest BCUT2D eigenvalue weighted by atomic mass is 35.5. The number of hydrogen-bond acceptors (Lipinski definition) is 2. The van der Waals surface area contributed by atoms with Crippen LogP contribution in [0.2, 0.25) is 0 Å². The summed E-state index contributed by atoms with van der Waals surface area (Å²) >= 11 is 6.63. The second-order valence-corrected chi connectivity index (χ2v) is 2.27. The Labute approximate surface area is 55.3 Å². The van der Waals surface area contributed by atoms with E-state index < -0.39 is 0 Å². The second-order valence-electron chi connectivity index (χ2n) is 1.33. The van der Waals surface area contributed by atoms with Crippen LogP contribution >= 0.6 is 23.1 Å². The molecule has 0 aromatic carbocycles. The maximum Gasteiger partial charge on any atom is 0.262 e. The van der Waals surface area contributed by atoms with Crippen molar-refractivity contribution in [1.29, 1.82) is 0 Å². The van der Waals surface area contributed by atoms with Crippen molar-refractivity contribution in [2.45, 2.75) is 5.88 Å². The van der Waals surface area contributed by atoms with E-state index in [1.54, 1.807) is 5.38 Å². The molecule has 1 rings (SSSR count). The van der Waals surface area contributed by atoms with Crippen LogP contribution in [0.1, 0.15) is 5.56 Å². The quantitative estimate of drug-likeness (QED) is 0.598. The van der Waals surface area contributed by atoms with Gasteiger partial charge in [0.2, 0.25) is 0 Å². The third-order valence-corrected chi connectivity index (χ3v) is 1.78. The Morgan fingerprint density at radius 1 is 1.88 bits per heavy atom. The van der Waals surface area contributed by atoms with Gasteiger partial charge in [-0.05, 0) is 0 Å². The van der Waals surface area contributed by atoms with Gasteiger partial charge in [0, 0.05) is 10.9 Å². The summed E-state index contributed by atoms with van der Waals surface area (Å²) in [7, 11) is 0. The molecule has 0 fully saturated rings. The minimum Gasteiger partial charge on any atom is -0.277 e. The van der Waals surface area contributed by atoms with Crippen molar-refractivity contribution in [3.05, 3.63) is 21.3 Å². The van der Waals surface area contributed by atoms with Gasteiger partial charge < -0.3 is 0 Å². The van der Waals surface area contributed by atoms with Crippen LogP contribution in [0.3, 0.4) is 0 Å². The number of hydrogen-bond donors (Lipinski definition) is 1. The maximum absolute atomic E-state index is 10.5. The van der Waals surface area contributed by atoms with E-state index in [0.29, 0.717) is 11.4 Å². The van der Waals surface area contributed by atoms with Crippen molar-refractivity contribution in [3.8, 4) is 0 Å². The Kier molecular flexibility index (Phi) is 1.70. The fourth-order valence-electron chi connectivity index (χ4n) is 0.365. The van der Waals surface area contributed by atoms with Gasteiger partial charge in [-0.2, -0.15) is 0 Å². The van der Waals surface area contributed by atoms with Gasteiger partial charge in [0.05, 0.1) is 5.88 Å². The first kappa shape index (κ1) is 5.85. The molecule has 1 N–H and O–H groups in total. The first-order valence-corrected chi connectivity index (χ1v) is 3.47. The predicted molar refractivity (Wildman–Crippen MR) is 34.5 cm³/mol. The van der Waals surface area contributed by atoms with E-state index in [0.717, 1.165) is 0 Å². The molecule has 2 nitrogen and oxygen atoms in total. The van der Waals surface area contributed by atoms with E-state index >= 15 is 0 Å². The van der Waals surface area contributed by atoms with Gasteiger partial charge in [-0.15, -0.1) is 11.6 Å². The molecule has 0 aliphatic rings. The predicted octanol–water partition coefficient (Wildman–Crippen LogP) is 1.18. The summed E-state index contributed by atoms with van der Waals surface area (Å²) < 4.78 is 2.52. The average Bonchev–Trinajstić information content (AvgIpc) is 2.14. The minimum atomic E-state index is -0.0648. The standard InChI is InChI=1S/C4H4ClNOS/c5-1-3-2-8-6-4(3)7/h2H,1H2,(H,6,7). The second kappa shape index (κ2) is 2.33. The molecule has 1 aromatic rings. The number of aromatic amines is 1. The van der Waals surface area contributed by atoms with Gasteiger partial charge >= 0.3 is 0 Å². The van der Waals surface area contributed by atoms with Gasteiger partial charge in [0.1, 0.15) is 0 Å². The highest BCUT2D eigenvalue weighted by Gasteiger charge is 1.94. The van der Waals surface area contributed by atoms with Crippen molar-refractivity contribution >= 4 is 23.1 Å². The molecule has 1 heterocycles. The van der Waals surface area contributed by atoms with E-state index in [9.17, 15) is 4.79 Å². The number of halogens is 1. The van der Waals surface area contributed by atoms with E-state index in [1.165, 1.54) is 11.5 Å². The smallest absolute Gasteiger partial charge is 0.262 e. The van der Waals surface area contributed by atoms with Crippen LogP contribution in [0.4, 0.5) is 0 Å². The highest BCUT2D eigenvalue weighted by Crippen LogP contribution is 1.97. The van der Waals surface area contributed by atoms with Crippen LogP contribution < -0.4 is 5.56 Å². The molecule has 0 radical (unpaired) electrons. The summed E-state index contributed by atoms with van der Waals surface area (Å²) in [5.41, 5.74) is 0.585. The number of alkyl halides is 1. The summed E-state index contributed by atoms with van der Waals surface area (Å²) in [5.74, 6) is 0.304. The van der Waals surface area contributed by atoms with E-state index in [1.807, 2.05) is 0 Å². The van der Waals surface area contributed by atoms with Crippen LogP contribution in [0, 0.1) is 0 Å². The summed E-state index contributed by atoms with van der Waals surface area (Å²) in [4.78, 5) is 10.5. The molecule has 1 aromatic heterocycles. The zero-order valence-electron chi connectivity index (χ0n) is 3.98. The van der Waals surface area contributed by atoms with Crippen LogP contribution in [0.15, 0.2) is 10.2 Å². The minimum absolute atomic E-state index is 0.0648. The molecule has 8 heavy (non-hydrogen) atoms. The van der Waals surface area contributed by atoms with Crippen LogP contribution in [-0.4, -0.2) is 4.37 Å². The molecule has 0 unspecified atom stereocenters. The number of rotatable bonds is 1. The Balaban J connectivity index is 3.11. The summed E-state index contributed by atoms with van der Waals surface area (Å²) in [6.45, 7) is 0. The van der Waals surface area contributed by atoms with Gasteiger partial charge in [-0.1, -0.05) is 11.5 Å². The molecule has 0 aliphatic carbocycles. The van der Waals surface area contributed by atoms with Crippen LogP contribution in [-0.2, 0) is 5.88 Å². The van der Waals surface area contributed by atoms with Gasteiger partial charge in [0.15, 0.2) is 0 Å². The molecular weight excluding hydrogens is 146 g/mol. The highest BCUT2D eigenvalue weighted by molar-refractivity contribution is 7.03. The van der Waals surface area contributed by atoms with E-state index in [-0.39, 0.29) is 5.56 Å². The van der Waals surface area contributed by atoms with Crippen molar-refractivity contribution in [2.75, 3.05) is 0 Å². The summed E-state index contributed by atoms with van der Waals surface area (Å²) in [5, 5.41) is 1.72. The van der Waals surface area contributed by atoms with Crippen molar-refractivity contribution < 1.29 is 0 Å². The molecule has 0 saturated carbocycles. The molecule has 0 saturated heterocycles. The lowest BCUT2D eigenvalue weighted by molar-refractivity contribution is 1.30. The molecule has 0 aliphatic heterocycles. The Hall–Kier alpha value is -0.280. The average molecular weight is 150 g/mol. The van der Waals surface area contributed by atoms with Crippen molar-refractivity contribution in [3.63, 3.8) is 0 Å². The lowest BCUT2D eigenvalue weighted by Crippen LogP contribution is -2.01. The zero-order chi connectivity index (χ0) is 5.98. The first-order valence-electron chi connectivity index (χ1n) is 2.05. The zero-order valence-corrected chi connectivity index (χ0v) is 5.55. The third-order valence-electron chi connectivity index (χ3n) is 0.788.